The van der Waals surface area contributed by atoms with Crippen LogP contribution in [0.25, 0.3) is 0 Å². The predicted octanol–water partition coefficient (Wildman–Crippen LogP) is 3.73. The van der Waals surface area contributed by atoms with E-state index < -0.39 is 0 Å². The number of ether oxygens (including phenoxy) is 3. The fourth-order valence-corrected chi connectivity index (χ4v) is 3.73. The molecule has 0 saturated carbocycles. The van der Waals surface area contributed by atoms with E-state index in [0.29, 0.717) is 13.2 Å². The van der Waals surface area contributed by atoms with E-state index in [9.17, 15) is 0 Å². The molecule has 0 bridgehead atoms. The van der Waals surface area contributed by atoms with Crippen molar-refractivity contribution in [3.63, 3.8) is 0 Å². The van der Waals surface area contributed by atoms with Crippen molar-refractivity contribution in [1.29, 1.82) is 0 Å². The summed E-state index contributed by atoms with van der Waals surface area (Å²) in [5.41, 5.74) is 7.37. The summed E-state index contributed by atoms with van der Waals surface area (Å²) in [6.45, 7) is 1.33. The fraction of sp³-hybridized carbons (Fsp3) is 0.333. The Morgan fingerprint density at radius 2 is 2.00 bits per heavy atom. The Balaban J connectivity index is 2.00. The van der Waals surface area contributed by atoms with E-state index in [1.165, 1.54) is 0 Å². The zero-order valence-electron chi connectivity index (χ0n) is 11.6. The molecule has 1 aromatic heterocycles. The molecule has 0 fully saturated rings. The number of thiophene rings is 1. The maximum absolute atomic E-state index is 6.41. The zero-order valence-corrected chi connectivity index (χ0v) is 14.0. The van der Waals surface area contributed by atoms with Crippen LogP contribution in [0.15, 0.2) is 28.1 Å². The first-order valence-electron chi connectivity index (χ1n) is 6.66. The summed E-state index contributed by atoms with van der Waals surface area (Å²) in [7, 11) is 1.65. The van der Waals surface area contributed by atoms with E-state index in [1.807, 2.05) is 23.6 Å². The first kappa shape index (κ1) is 14.7. The number of nitrogens with two attached hydrogens (primary N) is 1. The third-order valence-corrected chi connectivity index (χ3v) is 5.03. The van der Waals surface area contributed by atoms with Gasteiger partial charge in [0, 0.05) is 10.9 Å². The summed E-state index contributed by atoms with van der Waals surface area (Å²) >= 11 is 5.17. The molecule has 2 N–H and O–H groups in total. The van der Waals surface area contributed by atoms with Gasteiger partial charge in [0.05, 0.1) is 31.2 Å². The van der Waals surface area contributed by atoms with Crippen molar-refractivity contribution in [2.24, 2.45) is 5.73 Å². The Labute approximate surface area is 135 Å². The molecular formula is C15H16BrNO3S. The number of rotatable bonds is 3. The largest absolute Gasteiger partial charge is 0.496 e. The van der Waals surface area contributed by atoms with Crippen molar-refractivity contribution in [2.75, 3.05) is 20.3 Å². The van der Waals surface area contributed by atoms with Crippen LogP contribution in [0.1, 0.15) is 22.9 Å². The Hall–Kier alpha value is -1.24. The van der Waals surface area contributed by atoms with Gasteiger partial charge in [-0.25, -0.2) is 0 Å². The summed E-state index contributed by atoms with van der Waals surface area (Å²) in [4.78, 5) is 0.993. The lowest BCUT2D eigenvalue weighted by Gasteiger charge is -2.17. The number of halogens is 1. The van der Waals surface area contributed by atoms with Crippen molar-refractivity contribution in [1.82, 2.24) is 0 Å². The summed E-state index contributed by atoms with van der Waals surface area (Å²) in [5.74, 6) is 2.32. The summed E-state index contributed by atoms with van der Waals surface area (Å²) in [6.07, 6.45) is 0.881. The van der Waals surface area contributed by atoms with Crippen LogP contribution in [0, 0.1) is 0 Å². The highest BCUT2D eigenvalue weighted by molar-refractivity contribution is 9.10. The molecule has 0 amide bonds. The van der Waals surface area contributed by atoms with Crippen LogP contribution in [0.4, 0.5) is 0 Å². The van der Waals surface area contributed by atoms with Crippen molar-refractivity contribution in [3.8, 4) is 17.2 Å². The second-order valence-corrected chi connectivity index (χ2v) is 6.50. The molecule has 112 valence electrons. The molecule has 4 nitrogen and oxygen atoms in total. The van der Waals surface area contributed by atoms with Gasteiger partial charge in [-0.1, -0.05) is 15.9 Å². The van der Waals surface area contributed by atoms with E-state index >= 15 is 0 Å². The molecule has 0 radical (unpaired) electrons. The quantitative estimate of drug-likeness (QED) is 0.895. The molecule has 0 aliphatic carbocycles. The monoisotopic (exact) mass is 369 g/mol. The summed E-state index contributed by atoms with van der Waals surface area (Å²) < 4.78 is 17.7. The standard InChI is InChI=1S/C15H16BrNO3S/c1-18-11-3-6-21-15(11)14(17)9-7-12-13(8-10(9)16)20-5-2-4-19-12/h3,6-8,14H,2,4-5,17H2,1H3. The molecule has 1 aliphatic rings. The fourth-order valence-electron chi connectivity index (χ4n) is 2.28. The Bertz CT molecular complexity index is 644. The van der Waals surface area contributed by atoms with Gasteiger partial charge in [0.25, 0.3) is 0 Å². The van der Waals surface area contributed by atoms with Crippen molar-refractivity contribution in [3.05, 3.63) is 38.5 Å². The van der Waals surface area contributed by atoms with Gasteiger partial charge in [-0.05, 0) is 29.1 Å². The van der Waals surface area contributed by atoms with Gasteiger partial charge in [-0.15, -0.1) is 11.3 Å². The molecule has 6 heteroatoms. The van der Waals surface area contributed by atoms with E-state index in [0.717, 1.165) is 38.6 Å². The normalized spacial score (nSPS) is 15.4. The van der Waals surface area contributed by atoms with Crippen LogP contribution in [-0.4, -0.2) is 20.3 Å². The van der Waals surface area contributed by atoms with Gasteiger partial charge in [-0.3, -0.25) is 0 Å². The highest BCUT2D eigenvalue weighted by Gasteiger charge is 2.21. The molecule has 21 heavy (non-hydrogen) atoms. The van der Waals surface area contributed by atoms with Crippen molar-refractivity contribution in [2.45, 2.75) is 12.5 Å². The van der Waals surface area contributed by atoms with Crippen LogP contribution in [0.2, 0.25) is 0 Å². The number of fused-ring (bicyclic) bond motifs is 1. The maximum Gasteiger partial charge on any atom is 0.162 e. The lowest BCUT2D eigenvalue weighted by atomic mass is 10.1. The van der Waals surface area contributed by atoms with Gasteiger partial charge < -0.3 is 19.9 Å². The molecule has 1 unspecified atom stereocenters. The smallest absolute Gasteiger partial charge is 0.162 e. The van der Waals surface area contributed by atoms with Crippen LogP contribution < -0.4 is 19.9 Å². The van der Waals surface area contributed by atoms with Gasteiger partial charge in [-0.2, -0.15) is 0 Å². The molecule has 1 aliphatic heterocycles. The van der Waals surface area contributed by atoms with Gasteiger partial charge in [0.15, 0.2) is 11.5 Å². The highest BCUT2D eigenvalue weighted by atomic mass is 79.9. The number of hydrogen-bond acceptors (Lipinski definition) is 5. The number of benzene rings is 1. The molecule has 2 heterocycles. The Morgan fingerprint density at radius 3 is 2.71 bits per heavy atom. The molecule has 2 aromatic rings. The summed E-state index contributed by atoms with van der Waals surface area (Å²) in [5, 5.41) is 1.98. The van der Waals surface area contributed by atoms with Crippen LogP contribution >= 0.6 is 27.3 Å². The predicted molar refractivity (Wildman–Crippen MR) is 86.7 cm³/mol. The lowest BCUT2D eigenvalue weighted by molar-refractivity contribution is 0.297. The van der Waals surface area contributed by atoms with Crippen LogP contribution in [0.5, 0.6) is 17.2 Å². The van der Waals surface area contributed by atoms with E-state index in [4.69, 9.17) is 19.9 Å². The third-order valence-electron chi connectivity index (χ3n) is 3.36. The first-order chi connectivity index (χ1) is 10.2. The van der Waals surface area contributed by atoms with Gasteiger partial charge in [0.2, 0.25) is 0 Å². The van der Waals surface area contributed by atoms with Crippen molar-refractivity contribution < 1.29 is 14.2 Å². The average molecular weight is 370 g/mol. The Morgan fingerprint density at radius 1 is 1.29 bits per heavy atom. The van der Waals surface area contributed by atoms with E-state index in [-0.39, 0.29) is 6.04 Å². The average Bonchev–Trinajstić information content (AvgIpc) is 2.85. The zero-order chi connectivity index (χ0) is 14.8. The lowest BCUT2D eigenvalue weighted by Crippen LogP contribution is -2.12. The van der Waals surface area contributed by atoms with Crippen LogP contribution in [-0.2, 0) is 0 Å². The topological polar surface area (TPSA) is 53.7 Å². The molecule has 1 atom stereocenters. The second kappa shape index (κ2) is 6.25. The molecule has 3 rings (SSSR count). The summed E-state index contributed by atoms with van der Waals surface area (Å²) in [6, 6.07) is 5.54. The molecule has 0 spiro atoms. The number of hydrogen-bond donors (Lipinski definition) is 1. The third kappa shape index (κ3) is 2.88. The first-order valence-corrected chi connectivity index (χ1v) is 8.34. The highest BCUT2D eigenvalue weighted by Crippen LogP contribution is 2.41. The Kier molecular flexibility index (Phi) is 4.37. The minimum absolute atomic E-state index is 0.272. The van der Waals surface area contributed by atoms with E-state index in [2.05, 4.69) is 15.9 Å². The number of methoxy groups -OCH3 is 1. The molecule has 0 saturated heterocycles. The maximum atomic E-state index is 6.41. The second-order valence-electron chi connectivity index (χ2n) is 4.70. The van der Waals surface area contributed by atoms with E-state index in [1.54, 1.807) is 18.4 Å². The van der Waals surface area contributed by atoms with Crippen LogP contribution in [0.3, 0.4) is 0 Å². The van der Waals surface area contributed by atoms with Crippen molar-refractivity contribution >= 4 is 27.3 Å². The minimum atomic E-state index is -0.272. The molecule has 1 aromatic carbocycles. The van der Waals surface area contributed by atoms with Gasteiger partial charge in [0.1, 0.15) is 5.75 Å². The molecular weight excluding hydrogens is 354 g/mol. The van der Waals surface area contributed by atoms with Gasteiger partial charge >= 0.3 is 0 Å². The minimum Gasteiger partial charge on any atom is -0.496 e. The SMILES string of the molecule is COc1ccsc1C(N)c1cc2c(cc1Br)OCCCO2.